The zero-order valence-electron chi connectivity index (χ0n) is 11.2. The minimum atomic E-state index is -0.148. The first kappa shape index (κ1) is 14.0. The van der Waals surface area contributed by atoms with Crippen molar-refractivity contribution < 1.29 is 4.79 Å². The average molecular weight is 268 g/mol. The normalized spacial score (nSPS) is 13.0. The number of rotatable bonds is 4. The lowest BCUT2D eigenvalue weighted by Crippen LogP contribution is -2.35. The molecule has 0 saturated heterocycles. The molecule has 1 aliphatic carbocycles. The summed E-state index contributed by atoms with van der Waals surface area (Å²) in [5.74, 6) is 5.47. The van der Waals surface area contributed by atoms with E-state index in [0.29, 0.717) is 24.2 Å². The molecule has 0 atom stereocenters. The number of nitrogens with zero attached hydrogens (tertiary/aromatic N) is 3. The second-order valence-corrected chi connectivity index (χ2v) is 4.54. The van der Waals surface area contributed by atoms with Gasteiger partial charge < -0.3 is 10.6 Å². The molecule has 1 aromatic rings. The molecule has 1 fully saturated rings. The van der Waals surface area contributed by atoms with Gasteiger partial charge in [0, 0.05) is 18.8 Å². The fourth-order valence-corrected chi connectivity index (χ4v) is 1.97. The summed E-state index contributed by atoms with van der Waals surface area (Å²) >= 11 is 0. The van der Waals surface area contributed by atoms with Gasteiger partial charge in [0.2, 0.25) is 0 Å². The standard InChI is InChI=1S/C15H16N4O/c16-8-1-4-12-5-2-10-18-14(12)15(20)19(11-3-9-17)13-6-7-13/h2,5,10,13H,3,6-8,11,16H2. The Morgan fingerprint density at radius 1 is 1.55 bits per heavy atom. The third-order valence-corrected chi connectivity index (χ3v) is 3.05. The van der Waals surface area contributed by atoms with Crippen molar-refractivity contribution in [1.29, 1.82) is 5.26 Å². The molecule has 2 N–H and O–H groups in total. The predicted molar refractivity (Wildman–Crippen MR) is 74.5 cm³/mol. The Morgan fingerprint density at radius 3 is 3.00 bits per heavy atom. The van der Waals surface area contributed by atoms with Crippen LogP contribution in [-0.2, 0) is 0 Å². The minimum Gasteiger partial charge on any atom is -0.333 e. The summed E-state index contributed by atoms with van der Waals surface area (Å²) in [5.41, 5.74) is 6.30. The average Bonchev–Trinajstić information content (AvgIpc) is 3.30. The van der Waals surface area contributed by atoms with Gasteiger partial charge in [-0.15, -0.1) is 0 Å². The first-order valence-electron chi connectivity index (χ1n) is 6.59. The molecular weight excluding hydrogens is 252 g/mol. The summed E-state index contributed by atoms with van der Waals surface area (Å²) in [7, 11) is 0. The lowest BCUT2D eigenvalue weighted by molar-refractivity contribution is 0.0740. The van der Waals surface area contributed by atoms with E-state index in [1.165, 1.54) is 0 Å². The third-order valence-electron chi connectivity index (χ3n) is 3.05. The summed E-state index contributed by atoms with van der Waals surface area (Å²) in [6.45, 7) is 0.684. The Labute approximate surface area is 118 Å². The van der Waals surface area contributed by atoms with Crippen LogP contribution in [0.15, 0.2) is 18.3 Å². The van der Waals surface area contributed by atoms with Gasteiger partial charge in [0.05, 0.1) is 24.6 Å². The molecule has 0 bridgehead atoms. The number of nitrogens with two attached hydrogens (primary N) is 1. The van der Waals surface area contributed by atoms with E-state index in [4.69, 9.17) is 11.0 Å². The van der Waals surface area contributed by atoms with E-state index < -0.39 is 0 Å². The van der Waals surface area contributed by atoms with Crippen LogP contribution in [0.4, 0.5) is 0 Å². The Bertz CT molecular complexity index is 590. The predicted octanol–water partition coefficient (Wildman–Crippen LogP) is 0.910. The second-order valence-electron chi connectivity index (χ2n) is 4.54. The molecular formula is C15H16N4O. The second kappa shape index (κ2) is 6.70. The lowest BCUT2D eigenvalue weighted by Gasteiger charge is -2.21. The van der Waals surface area contributed by atoms with Gasteiger partial charge in [-0.25, -0.2) is 4.98 Å². The number of carbonyl (C=O) groups is 1. The topological polar surface area (TPSA) is 83.0 Å². The van der Waals surface area contributed by atoms with Gasteiger partial charge in [-0.05, 0) is 25.0 Å². The third kappa shape index (κ3) is 3.34. The van der Waals surface area contributed by atoms with E-state index in [0.717, 1.165) is 12.8 Å². The van der Waals surface area contributed by atoms with Crippen LogP contribution in [0.5, 0.6) is 0 Å². The van der Waals surface area contributed by atoms with Crippen LogP contribution in [-0.4, -0.2) is 34.9 Å². The van der Waals surface area contributed by atoms with Crippen molar-refractivity contribution in [1.82, 2.24) is 9.88 Å². The molecule has 5 nitrogen and oxygen atoms in total. The van der Waals surface area contributed by atoms with Crippen LogP contribution in [0.3, 0.4) is 0 Å². The molecule has 0 aromatic carbocycles. The molecule has 1 saturated carbocycles. The molecule has 1 amide bonds. The quantitative estimate of drug-likeness (QED) is 0.823. The van der Waals surface area contributed by atoms with Crippen LogP contribution in [0.1, 0.15) is 35.3 Å². The first-order valence-corrected chi connectivity index (χ1v) is 6.59. The van der Waals surface area contributed by atoms with E-state index in [1.807, 2.05) is 0 Å². The molecule has 1 aliphatic rings. The van der Waals surface area contributed by atoms with Gasteiger partial charge in [0.1, 0.15) is 5.69 Å². The molecule has 0 unspecified atom stereocenters. The highest BCUT2D eigenvalue weighted by molar-refractivity contribution is 5.95. The number of hydrogen-bond donors (Lipinski definition) is 1. The minimum absolute atomic E-state index is 0.148. The van der Waals surface area contributed by atoms with Gasteiger partial charge in [0.25, 0.3) is 5.91 Å². The van der Waals surface area contributed by atoms with Crippen molar-refractivity contribution in [2.45, 2.75) is 25.3 Å². The Kier molecular flexibility index (Phi) is 4.70. The molecule has 1 heterocycles. The number of amides is 1. The number of aromatic nitrogens is 1. The molecule has 0 radical (unpaired) electrons. The first-order chi connectivity index (χ1) is 9.77. The van der Waals surface area contributed by atoms with Crippen molar-refractivity contribution in [3.63, 3.8) is 0 Å². The number of pyridine rings is 1. The van der Waals surface area contributed by atoms with E-state index in [2.05, 4.69) is 22.9 Å². The van der Waals surface area contributed by atoms with Crippen LogP contribution in [0.2, 0.25) is 0 Å². The zero-order chi connectivity index (χ0) is 14.4. The smallest absolute Gasteiger partial charge is 0.274 e. The molecule has 5 heteroatoms. The van der Waals surface area contributed by atoms with Crippen LogP contribution >= 0.6 is 0 Å². The largest absolute Gasteiger partial charge is 0.333 e. The number of nitriles is 1. The maximum Gasteiger partial charge on any atom is 0.274 e. The summed E-state index contributed by atoms with van der Waals surface area (Å²) in [6.07, 6.45) is 3.90. The molecule has 2 rings (SSSR count). The van der Waals surface area contributed by atoms with E-state index >= 15 is 0 Å². The maximum atomic E-state index is 12.6. The summed E-state index contributed by atoms with van der Waals surface area (Å²) < 4.78 is 0. The fraction of sp³-hybridized carbons (Fsp3) is 0.400. The van der Waals surface area contributed by atoms with Crippen molar-refractivity contribution in [3.8, 4) is 17.9 Å². The van der Waals surface area contributed by atoms with Gasteiger partial charge in [-0.2, -0.15) is 5.26 Å². The highest BCUT2D eigenvalue weighted by atomic mass is 16.2. The molecule has 1 aromatic heterocycles. The molecule has 0 aliphatic heterocycles. The Hall–Kier alpha value is -2.37. The van der Waals surface area contributed by atoms with Crippen molar-refractivity contribution in [3.05, 3.63) is 29.6 Å². The Balaban J connectivity index is 2.25. The number of hydrogen-bond acceptors (Lipinski definition) is 4. The summed E-state index contributed by atoms with van der Waals surface area (Å²) in [5, 5.41) is 8.70. The summed E-state index contributed by atoms with van der Waals surface area (Å²) in [6, 6.07) is 5.83. The van der Waals surface area contributed by atoms with Crippen molar-refractivity contribution in [2.75, 3.05) is 13.1 Å². The van der Waals surface area contributed by atoms with Gasteiger partial charge in [-0.3, -0.25) is 4.79 Å². The maximum absolute atomic E-state index is 12.6. The van der Waals surface area contributed by atoms with Crippen LogP contribution in [0, 0.1) is 23.2 Å². The van der Waals surface area contributed by atoms with E-state index in [-0.39, 0.29) is 18.5 Å². The SMILES string of the molecule is N#CCCN(C(=O)c1ncccc1C#CCN)C1CC1. The molecule has 20 heavy (non-hydrogen) atoms. The van der Waals surface area contributed by atoms with Crippen molar-refractivity contribution in [2.24, 2.45) is 5.73 Å². The summed E-state index contributed by atoms with van der Waals surface area (Å²) in [4.78, 5) is 18.5. The van der Waals surface area contributed by atoms with Crippen LogP contribution in [0.25, 0.3) is 0 Å². The lowest BCUT2D eigenvalue weighted by atomic mass is 10.1. The zero-order valence-corrected chi connectivity index (χ0v) is 11.2. The highest BCUT2D eigenvalue weighted by Crippen LogP contribution is 2.28. The number of carbonyl (C=O) groups excluding carboxylic acids is 1. The van der Waals surface area contributed by atoms with E-state index in [1.54, 1.807) is 23.2 Å². The van der Waals surface area contributed by atoms with Gasteiger partial charge in [-0.1, -0.05) is 11.8 Å². The highest BCUT2D eigenvalue weighted by Gasteiger charge is 2.33. The fourth-order valence-electron chi connectivity index (χ4n) is 1.97. The van der Waals surface area contributed by atoms with Gasteiger partial charge >= 0.3 is 0 Å². The van der Waals surface area contributed by atoms with E-state index in [9.17, 15) is 4.79 Å². The molecule has 102 valence electrons. The van der Waals surface area contributed by atoms with Crippen LogP contribution < -0.4 is 5.73 Å². The molecule has 0 spiro atoms. The monoisotopic (exact) mass is 268 g/mol. The Morgan fingerprint density at radius 2 is 2.35 bits per heavy atom. The van der Waals surface area contributed by atoms with Crippen molar-refractivity contribution >= 4 is 5.91 Å². The van der Waals surface area contributed by atoms with Gasteiger partial charge in [0.15, 0.2) is 0 Å².